The quantitative estimate of drug-likeness (QED) is 0.649. The molecule has 0 amide bonds. The minimum atomic E-state index is 0.466. The van der Waals surface area contributed by atoms with Gasteiger partial charge < -0.3 is 5.73 Å². The summed E-state index contributed by atoms with van der Waals surface area (Å²) < 4.78 is 0. The molecule has 12 heavy (non-hydrogen) atoms. The molecule has 0 spiro atoms. The lowest BCUT2D eigenvalue weighted by molar-refractivity contribution is 1.27. The van der Waals surface area contributed by atoms with Crippen LogP contribution in [0.4, 0.5) is 0 Å². The Balaban J connectivity index is 3.04. The van der Waals surface area contributed by atoms with Crippen LogP contribution in [0.2, 0.25) is 0 Å². The predicted octanol–water partition coefficient (Wildman–Crippen LogP) is 1.64. The minimum Gasteiger partial charge on any atom is -0.326 e. The van der Waals surface area contributed by atoms with Crippen molar-refractivity contribution in [3.05, 3.63) is 42.0 Å². The Morgan fingerprint density at radius 1 is 1.58 bits per heavy atom. The highest BCUT2D eigenvalue weighted by Gasteiger charge is 1.95. The van der Waals surface area contributed by atoms with Crippen molar-refractivity contribution in [1.29, 1.82) is 0 Å². The van der Waals surface area contributed by atoms with E-state index in [1.807, 2.05) is 24.3 Å². The summed E-state index contributed by atoms with van der Waals surface area (Å²) in [5, 5.41) is 0. The van der Waals surface area contributed by atoms with Crippen LogP contribution in [0.25, 0.3) is 5.57 Å². The molecule has 0 unspecified atom stereocenters. The molecule has 0 aromatic heterocycles. The van der Waals surface area contributed by atoms with Crippen LogP contribution in [-0.2, 0) is 0 Å². The summed E-state index contributed by atoms with van der Waals surface area (Å²) in [5.41, 5.74) is 8.24. The van der Waals surface area contributed by atoms with Gasteiger partial charge in [-0.2, -0.15) is 0 Å². The van der Waals surface area contributed by atoms with Crippen LogP contribution < -0.4 is 5.73 Å². The molecule has 0 bridgehead atoms. The van der Waals surface area contributed by atoms with E-state index < -0.39 is 0 Å². The van der Waals surface area contributed by atoms with Crippen molar-refractivity contribution in [2.45, 2.75) is 0 Å². The van der Waals surface area contributed by atoms with Gasteiger partial charge >= 0.3 is 0 Å². The average molecular weight is 157 g/mol. The Labute approximate surface area is 72.9 Å². The smallest absolute Gasteiger partial charge is 0.0248 e. The first-order chi connectivity index (χ1) is 5.77. The molecular weight excluding hydrogens is 146 g/mol. The Morgan fingerprint density at radius 2 is 2.33 bits per heavy atom. The fourth-order valence-electron chi connectivity index (χ4n) is 0.947. The van der Waals surface area contributed by atoms with Crippen LogP contribution >= 0.6 is 0 Å². The van der Waals surface area contributed by atoms with Gasteiger partial charge in [0.1, 0.15) is 0 Å². The molecule has 1 heteroatoms. The summed E-state index contributed by atoms with van der Waals surface area (Å²) in [6, 6.07) is 7.66. The summed E-state index contributed by atoms with van der Waals surface area (Å²) in [4.78, 5) is 0. The van der Waals surface area contributed by atoms with Crippen LogP contribution in [-0.4, -0.2) is 6.54 Å². The second-order valence-corrected chi connectivity index (χ2v) is 2.53. The van der Waals surface area contributed by atoms with Crippen molar-refractivity contribution in [1.82, 2.24) is 0 Å². The molecule has 0 heterocycles. The maximum atomic E-state index is 5.44. The number of hydrogen-bond donors (Lipinski definition) is 1. The Morgan fingerprint density at radius 3 is 2.92 bits per heavy atom. The summed E-state index contributed by atoms with van der Waals surface area (Å²) in [7, 11) is 0. The zero-order chi connectivity index (χ0) is 8.97. The largest absolute Gasteiger partial charge is 0.326 e. The Hall–Kier alpha value is -1.52. The van der Waals surface area contributed by atoms with E-state index in [9.17, 15) is 0 Å². The van der Waals surface area contributed by atoms with E-state index in [2.05, 4.69) is 12.5 Å². The monoisotopic (exact) mass is 157 g/mol. The van der Waals surface area contributed by atoms with Gasteiger partial charge in [0.25, 0.3) is 0 Å². The van der Waals surface area contributed by atoms with Crippen LogP contribution in [0.15, 0.2) is 30.8 Å². The van der Waals surface area contributed by atoms with E-state index >= 15 is 0 Å². The van der Waals surface area contributed by atoms with Gasteiger partial charge in [-0.1, -0.05) is 24.6 Å². The van der Waals surface area contributed by atoms with Gasteiger partial charge in [0.2, 0.25) is 0 Å². The Bertz CT molecular complexity index is 331. The highest BCUT2D eigenvalue weighted by molar-refractivity contribution is 5.65. The normalized spacial score (nSPS) is 9.00. The number of hydrogen-bond acceptors (Lipinski definition) is 1. The predicted molar refractivity (Wildman–Crippen MR) is 52.5 cm³/mol. The van der Waals surface area contributed by atoms with E-state index in [0.717, 1.165) is 16.7 Å². The van der Waals surface area contributed by atoms with Crippen LogP contribution in [0.1, 0.15) is 11.1 Å². The van der Waals surface area contributed by atoms with Gasteiger partial charge in [-0.3, -0.25) is 0 Å². The molecule has 0 fully saturated rings. The average Bonchev–Trinajstić information content (AvgIpc) is 2.17. The van der Waals surface area contributed by atoms with Crippen molar-refractivity contribution in [3.63, 3.8) is 0 Å². The van der Waals surface area contributed by atoms with E-state index in [0.29, 0.717) is 6.54 Å². The fourth-order valence-corrected chi connectivity index (χ4v) is 0.947. The first kappa shape index (κ1) is 8.58. The molecule has 0 atom stereocenters. The standard InChI is InChI=1S/C11H11N/c1-3-10-5-4-6-11(7-10)9(2)8-12/h1,4-7H,2,8,12H2. The first-order valence-corrected chi connectivity index (χ1v) is 3.73. The third-order valence-electron chi connectivity index (χ3n) is 1.68. The number of benzene rings is 1. The van der Waals surface area contributed by atoms with Crippen LogP contribution in [0.5, 0.6) is 0 Å². The molecule has 1 rings (SSSR count). The van der Waals surface area contributed by atoms with Crippen LogP contribution in [0.3, 0.4) is 0 Å². The highest BCUT2D eigenvalue weighted by Crippen LogP contribution is 2.11. The fraction of sp³-hybridized carbons (Fsp3) is 0.0909. The van der Waals surface area contributed by atoms with E-state index in [1.54, 1.807) is 0 Å². The second kappa shape index (κ2) is 3.75. The molecule has 0 aliphatic carbocycles. The number of rotatable bonds is 2. The van der Waals surface area contributed by atoms with E-state index in [4.69, 9.17) is 12.2 Å². The van der Waals surface area contributed by atoms with Gasteiger partial charge in [0.15, 0.2) is 0 Å². The maximum absolute atomic E-state index is 5.44. The zero-order valence-corrected chi connectivity index (χ0v) is 6.88. The molecule has 0 radical (unpaired) electrons. The zero-order valence-electron chi connectivity index (χ0n) is 6.88. The molecule has 2 N–H and O–H groups in total. The lowest BCUT2D eigenvalue weighted by Gasteiger charge is -2.02. The third-order valence-corrected chi connectivity index (χ3v) is 1.68. The molecule has 1 nitrogen and oxygen atoms in total. The molecule has 0 aliphatic heterocycles. The van der Waals surface area contributed by atoms with Crippen molar-refractivity contribution < 1.29 is 0 Å². The lowest BCUT2D eigenvalue weighted by Crippen LogP contribution is -2.00. The molecule has 0 saturated carbocycles. The lowest BCUT2D eigenvalue weighted by atomic mass is 10.1. The number of nitrogens with two attached hydrogens (primary N) is 1. The molecule has 1 aromatic rings. The van der Waals surface area contributed by atoms with Crippen molar-refractivity contribution in [3.8, 4) is 12.3 Å². The summed E-state index contributed by atoms with van der Waals surface area (Å²) in [5.74, 6) is 2.56. The summed E-state index contributed by atoms with van der Waals surface area (Å²) >= 11 is 0. The van der Waals surface area contributed by atoms with Crippen molar-refractivity contribution >= 4 is 5.57 Å². The van der Waals surface area contributed by atoms with Crippen molar-refractivity contribution in [2.24, 2.45) is 5.73 Å². The van der Waals surface area contributed by atoms with Crippen LogP contribution in [0, 0.1) is 12.3 Å². The molecule has 0 saturated heterocycles. The van der Waals surface area contributed by atoms with Gasteiger partial charge in [0, 0.05) is 12.1 Å². The summed E-state index contributed by atoms with van der Waals surface area (Å²) in [6.45, 7) is 4.29. The highest BCUT2D eigenvalue weighted by atomic mass is 14.5. The minimum absolute atomic E-state index is 0.466. The van der Waals surface area contributed by atoms with E-state index in [-0.39, 0.29) is 0 Å². The molecule has 1 aromatic carbocycles. The molecular formula is C11H11N. The molecule has 60 valence electrons. The SMILES string of the molecule is C#Cc1cccc(C(=C)CN)c1. The number of terminal acetylenes is 1. The van der Waals surface area contributed by atoms with Gasteiger partial charge in [0.05, 0.1) is 0 Å². The topological polar surface area (TPSA) is 26.0 Å². The van der Waals surface area contributed by atoms with Gasteiger partial charge in [-0.15, -0.1) is 6.42 Å². The van der Waals surface area contributed by atoms with Gasteiger partial charge in [-0.25, -0.2) is 0 Å². The second-order valence-electron chi connectivity index (χ2n) is 2.53. The molecule has 0 aliphatic rings. The van der Waals surface area contributed by atoms with Crippen molar-refractivity contribution in [2.75, 3.05) is 6.54 Å². The van der Waals surface area contributed by atoms with Gasteiger partial charge in [-0.05, 0) is 23.3 Å². The first-order valence-electron chi connectivity index (χ1n) is 3.73. The third kappa shape index (κ3) is 1.75. The summed E-state index contributed by atoms with van der Waals surface area (Å²) in [6.07, 6.45) is 5.25. The van der Waals surface area contributed by atoms with E-state index in [1.165, 1.54) is 0 Å². The maximum Gasteiger partial charge on any atom is 0.0248 e. The Kier molecular flexibility index (Phi) is 2.68.